The van der Waals surface area contributed by atoms with Gasteiger partial charge in [0.15, 0.2) is 0 Å². The van der Waals surface area contributed by atoms with Crippen LogP contribution in [0.2, 0.25) is 0 Å². The number of amides is 2. The first kappa shape index (κ1) is 31.8. The Morgan fingerprint density at radius 2 is 1.26 bits per heavy atom. The standard InChI is InChI=1S/C19H23NO2S.C13H17NO2/c21-19(20-22)15-18(23-17-12-5-2-6-13-17)14-8-7-11-16-9-3-1-4-10-16;15-13(14-16)11-7-2-1-4-8-12-9-5-3-6-10-12/h1-6,9-10,12-13,18,22H,7-8,11,14-15H2,(H,20,21);3,5-7,9-11,16H,1-2,4,8H2,(H,14,15). The molecular formula is C32H40N2O4S. The lowest BCUT2D eigenvalue weighted by Gasteiger charge is -2.15. The molecule has 3 rings (SSSR count). The van der Waals surface area contributed by atoms with Gasteiger partial charge in [0, 0.05) is 22.6 Å². The molecule has 1 unspecified atom stereocenters. The van der Waals surface area contributed by atoms with Crippen molar-refractivity contribution in [2.45, 2.75) is 67.9 Å². The van der Waals surface area contributed by atoms with E-state index >= 15 is 0 Å². The van der Waals surface area contributed by atoms with Crippen LogP contribution in [0.5, 0.6) is 0 Å². The lowest BCUT2D eigenvalue weighted by molar-refractivity contribution is -0.129. The van der Waals surface area contributed by atoms with Crippen LogP contribution in [-0.4, -0.2) is 27.5 Å². The van der Waals surface area contributed by atoms with Crippen LogP contribution in [0.15, 0.2) is 108 Å². The van der Waals surface area contributed by atoms with Gasteiger partial charge in [-0.15, -0.1) is 11.8 Å². The average molecular weight is 549 g/mol. The number of hydrogen-bond acceptors (Lipinski definition) is 5. The molecule has 0 aliphatic rings. The van der Waals surface area contributed by atoms with Crippen molar-refractivity contribution < 1.29 is 20.0 Å². The Balaban J connectivity index is 0.000000293. The maximum Gasteiger partial charge on any atom is 0.267 e. The van der Waals surface area contributed by atoms with Gasteiger partial charge in [-0.2, -0.15) is 0 Å². The van der Waals surface area contributed by atoms with Gasteiger partial charge in [-0.1, -0.05) is 91.4 Å². The van der Waals surface area contributed by atoms with E-state index in [0.717, 1.165) is 56.3 Å². The molecule has 0 aromatic heterocycles. The van der Waals surface area contributed by atoms with Gasteiger partial charge < -0.3 is 0 Å². The van der Waals surface area contributed by atoms with E-state index in [9.17, 15) is 9.59 Å². The van der Waals surface area contributed by atoms with Crippen LogP contribution in [0, 0.1) is 0 Å². The van der Waals surface area contributed by atoms with Gasteiger partial charge in [0.05, 0.1) is 0 Å². The van der Waals surface area contributed by atoms with E-state index in [1.807, 2.05) is 42.5 Å². The van der Waals surface area contributed by atoms with Gasteiger partial charge in [0.2, 0.25) is 5.91 Å². The summed E-state index contributed by atoms with van der Waals surface area (Å²) >= 11 is 1.71. The van der Waals surface area contributed by atoms with E-state index in [1.54, 1.807) is 28.8 Å². The number of rotatable bonds is 15. The summed E-state index contributed by atoms with van der Waals surface area (Å²) in [6.45, 7) is 0. The molecule has 0 aliphatic heterocycles. The Hall–Kier alpha value is -3.39. The Labute approximate surface area is 236 Å². The molecule has 0 fully saturated rings. The van der Waals surface area contributed by atoms with Crippen LogP contribution in [0.3, 0.4) is 0 Å². The number of allylic oxidation sites excluding steroid dienone is 1. The second kappa shape index (κ2) is 20.6. The second-order valence-electron chi connectivity index (χ2n) is 9.13. The Morgan fingerprint density at radius 1 is 0.718 bits per heavy atom. The summed E-state index contributed by atoms with van der Waals surface area (Å²) in [4.78, 5) is 23.3. The maximum absolute atomic E-state index is 11.5. The molecule has 0 saturated heterocycles. The lowest BCUT2D eigenvalue weighted by atomic mass is 10.1. The molecule has 208 valence electrons. The topological polar surface area (TPSA) is 98.7 Å². The molecule has 7 heteroatoms. The molecule has 0 heterocycles. The van der Waals surface area contributed by atoms with Crippen LogP contribution in [0.4, 0.5) is 0 Å². The van der Waals surface area contributed by atoms with Crippen molar-refractivity contribution in [3.8, 4) is 0 Å². The normalized spacial score (nSPS) is 11.3. The molecule has 3 aromatic rings. The van der Waals surface area contributed by atoms with Crippen molar-refractivity contribution in [3.05, 3.63) is 114 Å². The van der Waals surface area contributed by atoms with Crippen molar-refractivity contribution in [1.82, 2.24) is 11.0 Å². The van der Waals surface area contributed by atoms with Gasteiger partial charge in [0.25, 0.3) is 5.91 Å². The van der Waals surface area contributed by atoms with Crippen LogP contribution in [0.25, 0.3) is 0 Å². The Bertz CT molecular complexity index is 1080. The molecule has 0 radical (unpaired) electrons. The monoisotopic (exact) mass is 548 g/mol. The van der Waals surface area contributed by atoms with E-state index in [4.69, 9.17) is 10.4 Å². The van der Waals surface area contributed by atoms with E-state index in [-0.39, 0.29) is 11.2 Å². The van der Waals surface area contributed by atoms with Crippen LogP contribution in [0.1, 0.15) is 56.1 Å². The molecule has 0 saturated carbocycles. The number of aryl methyl sites for hydroxylation is 2. The summed E-state index contributed by atoms with van der Waals surface area (Å²) in [6, 6.07) is 30.9. The van der Waals surface area contributed by atoms with Gasteiger partial charge >= 0.3 is 0 Å². The number of hydroxylamine groups is 2. The van der Waals surface area contributed by atoms with E-state index in [1.165, 1.54) is 17.2 Å². The zero-order chi connectivity index (χ0) is 28.0. The summed E-state index contributed by atoms with van der Waals surface area (Å²) in [5.41, 5.74) is 6.00. The summed E-state index contributed by atoms with van der Waals surface area (Å²) in [5, 5.41) is 17.2. The lowest BCUT2D eigenvalue weighted by Crippen LogP contribution is -2.23. The van der Waals surface area contributed by atoms with Crippen LogP contribution in [-0.2, 0) is 22.4 Å². The molecule has 4 N–H and O–H groups in total. The molecule has 6 nitrogen and oxygen atoms in total. The first-order valence-corrected chi connectivity index (χ1v) is 14.3. The molecule has 39 heavy (non-hydrogen) atoms. The first-order valence-electron chi connectivity index (χ1n) is 13.4. The molecule has 0 spiro atoms. The number of benzene rings is 3. The number of carbonyl (C=O) groups excluding carboxylic acids is 2. The summed E-state index contributed by atoms with van der Waals surface area (Å²) in [6.07, 6.45) is 11.7. The van der Waals surface area contributed by atoms with Gasteiger partial charge in [-0.25, -0.2) is 11.0 Å². The van der Waals surface area contributed by atoms with Crippen LogP contribution < -0.4 is 11.0 Å². The largest absolute Gasteiger partial charge is 0.289 e. The molecule has 0 aliphatic carbocycles. The highest BCUT2D eigenvalue weighted by Crippen LogP contribution is 2.29. The summed E-state index contributed by atoms with van der Waals surface area (Å²) < 4.78 is 0. The van der Waals surface area contributed by atoms with Crippen molar-refractivity contribution >= 4 is 23.6 Å². The minimum atomic E-state index is -0.469. The maximum atomic E-state index is 11.5. The molecular weight excluding hydrogens is 508 g/mol. The third-order valence-corrected chi connectivity index (χ3v) is 7.26. The van der Waals surface area contributed by atoms with Crippen molar-refractivity contribution in [2.24, 2.45) is 0 Å². The highest BCUT2D eigenvalue weighted by molar-refractivity contribution is 8.00. The minimum Gasteiger partial charge on any atom is -0.289 e. The fraction of sp³-hybridized carbons (Fsp3) is 0.312. The number of carbonyl (C=O) groups is 2. The van der Waals surface area contributed by atoms with Crippen LogP contribution >= 0.6 is 11.8 Å². The molecule has 0 bridgehead atoms. The van der Waals surface area contributed by atoms with E-state index < -0.39 is 5.91 Å². The Kier molecular flexibility index (Phi) is 16.8. The smallest absolute Gasteiger partial charge is 0.267 e. The summed E-state index contributed by atoms with van der Waals surface area (Å²) in [5.74, 6) is -0.787. The van der Waals surface area contributed by atoms with E-state index in [2.05, 4.69) is 48.5 Å². The number of thioether (sulfide) groups is 1. The van der Waals surface area contributed by atoms with Gasteiger partial charge in [0.1, 0.15) is 0 Å². The fourth-order valence-electron chi connectivity index (χ4n) is 3.96. The quantitative estimate of drug-likeness (QED) is 0.0543. The second-order valence-corrected chi connectivity index (χ2v) is 10.5. The minimum absolute atomic E-state index is 0.181. The first-order chi connectivity index (χ1) is 19.1. The Morgan fingerprint density at radius 3 is 1.79 bits per heavy atom. The predicted molar refractivity (Wildman–Crippen MR) is 158 cm³/mol. The predicted octanol–water partition coefficient (Wildman–Crippen LogP) is 6.92. The van der Waals surface area contributed by atoms with E-state index in [0.29, 0.717) is 6.42 Å². The van der Waals surface area contributed by atoms with Crippen molar-refractivity contribution in [3.63, 3.8) is 0 Å². The average Bonchev–Trinajstić information content (AvgIpc) is 2.98. The van der Waals surface area contributed by atoms with Crippen molar-refractivity contribution in [2.75, 3.05) is 0 Å². The molecule has 2 amide bonds. The number of unbranched alkanes of at least 4 members (excludes halogenated alkanes) is 3. The number of nitrogens with one attached hydrogen (secondary N) is 2. The zero-order valence-corrected chi connectivity index (χ0v) is 23.2. The third-order valence-electron chi connectivity index (χ3n) is 5.98. The number of hydrogen-bond donors (Lipinski definition) is 4. The zero-order valence-electron chi connectivity index (χ0n) is 22.4. The van der Waals surface area contributed by atoms with Gasteiger partial charge in [-0.05, 0) is 68.2 Å². The SMILES string of the molecule is O=C(C=CCCCCc1ccccc1)NO.O=C(CC(CCCCc1ccccc1)Sc1ccccc1)NO. The fourth-order valence-corrected chi connectivity index (χ4v) is 5.17. The summed E-state index contributed by atoms with van der Waals surface area (Å²) in [7, 11) is 0. The van der Waals surface area contributed by atoms with Crippen molar-refractivity contribution in [1.29, 1.82) is 0 Å². The third kappa shape index (κ3) is 15.6. The van der Waals surface area contributed by atoms with Gasteiger partial charge in [-0.3, -0.25) is 20.0 Å². The molecule has 3 aromatic carbocycles. The highest BCUT2D eigenvalue weighted by Gasteiger charge is 2.15. The highest BCUT2D eigenvalue weighted by atomic mass is 32.2. The molecule has 1 atom stereocenters.